The number of hydrogen-bond donors (Lipinski definition) is 0. The molecule has 1 fully saturated rings. The van der Waals surface area contributed by atoms with E-state index in [1.165, 1.54) is 24.8 Å². The third-order valence-corrected chi connectivity index (χ3v) is 4.28. The summed E-state index contributed by atoms with van der Waals surface area (Å²) in [6.07, 6.45) is 4.26. The van der Waals surface area contributed by atoms with Crippen LogP contribution in [0.4, 0.5) is 0 Å². The molecule has 1 saturated heterocycles. The van der Waals surface area contributed by atoms with Crippen molar-refractivity contribution in [3.8, 4) is 0 Å². The Balaban J connectivity index is 1.83. The van der Waals surface area contributed by atoms with Gasteiger partial charge in [-0.25, -0.2) is 0 Å². The van der Waals surface area contributed by atoms with E-state index in [0.29, 0.717) is 18.4 Å². The number of likely N-dealkylation sites (tertiary alicyclic amines) is 1. The van der Waals surface area contributed by atoms with Gasteiger partial charge in [-0.2, -0.15) is 0 Å². The Hall–Kier alpha value is -1.35. The smallest absolute Gasteiger partial charge is 0.223 e. The fourth-order valence-corrected chi connectivity index (χ4v) is 2.88. The highest BCUT2D eigenvalue weighted by atomic mass is 16.2. The van der Waals surface area contributed by atoms with E-state index in [4.69, 9.17) is 0 Å². The van der Waals surface area contributed by atoms with Gasteiger partial charge >= 0.3 is 0 Å². The van der Waals surface area contributed by atoms with E-state index in [2.05, 4.69) is 43.0 Å². The van der Waals surface area contributed by atoms with Crippen molar-refractivity contribution in [3.63, 3.8) is 0 Å². The van der Waals surface area contributed by atoms with Gasteiger partial charge in [-0.05, 0) is 38.7 Å². The molecule has 2 rings (SSSR count). The Kier molecular flexibility index (Phi) is 6.24. The average Bonchev–Trinajstić information content (AvgIpc) is 2.52. The summed E-state index contributed by atoms with van der Waals surface area (Å²) in [4.78, 5) is 16.7. The minimum absolute atomic E-state index is 0.327. The van der Waals surface area contributed by atoms with Crippen LogP contribution in [-0.4, -0.2) is 41.4 Å². The van der Waals surface area contributed by atoms with E-state index in [1.807, 2.05) is 11.0 Å². The van der Waals surface area contributed by atoms with E-state index in [-0.39, 0.29) is 0 Å². The first-order valence-corrected chi connectivity index (χ1v) is 8.22. The van der Waals surface area contributed by atoms with Gasteiger partial charge in [0.05, 0.1) is 0 Å². The third-order valence-electron chi connectivity index (χ3n) is 4.28. The van der Waals surface area contributed by atoms with Gasteiger partial charge in [0.25, 0.3) is 0 Å². The molecule has 0 unspecified atom stereocenters. The molecule has 0 spiro atoms. The molecule has 116 valence electrons. The van der Waals surface area contributed by atoms with Gasteiger partial charge in [0.2, 0.25) is 5.91 Å². The van der Waals surface area contributed by atoms with Crippen molar-refractivity contribution >= 4 is 5.91 Å². The van der Waals surface area contributed by atoms with E-state index in [1.54, 1.807) is 0 Å². The van der Waals surface area contributed by atoms with Crippen LogP contribution in [0, 0.1) is 0 Å². The Morgan fingerprint density at radius 2 is 1.81 bits per heavy atom. The number of piperidine rings is 1. The van der Waals surface area contributed by atoms with Gasteiger partial charge in [-0.3, -0.25) is 9.69 Å². The third kappa shape index (κ3) is 5.16. The minimum Gasteiger partial charge on any atom is -0.343 e. The molecule has 1 amide bonds. The minimum atomic E-state index is 0.327. The predicted octanol–water partition coefficient (Wildman–Crippen LogP) is 3.30. The van der Waals surface area contributed by atoms with Crippen molar-refractivity contribution < 1.29 is 4.79 Å². The summed E-state index contributed by atoms with van der Waals surface area (Å²) in [6, 6.07) is 11.0. The predicted molar refractivity (Wildman–Crippen MR) is 87.0 cm³/mol. The van der Waals surface area contributed by atoms with Crippen molar-refractivity contribution in [3.05, 3.63) is 35.9 Å². The summed E-state index contributed by atoms with van der Waals surface area (Å²) in [5, 5.41) is 0. The zero-order valence-corrected chi connectivity index (χ0v) is 13.4. The Morgan fingerprint density at radius 1 is 1.14 bits per heavy atom. The van der Waals surface area contributed by atoms with Crippen molar-refractivity contribution in [2.75, 3.05) is 19.6 Å². The monoisotopic (exact) mass is 288 g/mol. The molecule has 1 aromatic rings. The van der Waals surface area contributed by atoms with Gasteiger partial charge in [0, 0.05) is 38.6 Å². The maximum absolute atomic E-state index is 12.3. The molecule has 0 radical (unpaired) electrons. The molecule has 0 atom stereocenters. The van der Waals surface area contributed by atoms with Gasteiger partial charge in [0.1, 0.15) is 0 Å². The first-order chi connectivity index (χ1) is 10.2. The first kappa shape index (κ1) is 16.0. The van der Waals surface area contributed by atoms with Crippen LogP contribution in [-0.2, 0) is 11.3 Å². The van der Waals surface area contributed by atoms with Gasteiger partial charge in [0.15, 0.2) is 0 Å². The second kappa shape index (κ2) is 8.18. The van der Waals surface area contributed by atoms with E-state index in [9.17, 15) is 4.79 Å². The second-order valence-electron chi connectivity index (χ2n) is 6.24. The molecule has 1 aromatic carbocycles. The lowest BCUT2D eigenvalue weighted by molar-refractivity contribution is -0.132. The zero-order chi connectivity index (χ0) is 15.1. The molecule has 1 aliphatic rings. The summed E-state index contributed by atoms with van der Waals surface area (Å²) in [5.74, 6) is 0.327. The second-order valence-corrected chi connectivity index (χ2v) is 6.24. The number of hydrogen-bond acceptors (Lipinski definition) is 2. The molecular formula is C18H28N2O. The maximum Gasteiger partial charge on any atom is 0.223 e. The van der Waals surface area contributed by atoms with Crippen LogP contribution in [0.3, 0.4) is 0 Å². The highest BCUT2D eigenvalue weighted by Crippen LogP contribution is 2.12. The number of carbonyl (C=O) groups excluding carboxylic acids is 1. The SMILES string of the molecule is CC(C)N(CCC(=O)N1CCCCC1)Cc1ccccc1. The summed E-state index contributed by atoms with van der Waals surface area (Å²) in [7, 11) is 0. The van der Waals surface area contributed by atoms with E-state index in [0.717, 1.165) is 26.2 Å². The fraction of sp³-hybridized carbons (Fsp3) is 0.611. The number of rotatable bonds is 6. The first-order valence-electron chi connectivity index (χ1n) is 8.22. The molecule has 21 heavy (non-hydrogen) atoms. The molecule has 3 nitrogen and oxygen atoms in total. The number of carbonyl (C=O) groups is 1. The number of nitrogens with zero attached hydrogens (tertiary/aromatic N) is 2. The molecular weight excluding hydrogens is 260 g/mol. The molecule has 1 heterocycles. The molecule has 1 aliphatic heterocycles. The molecule has 0 aliphatic carbocycles. The van der Waals surface area contributed by atoms with Gasteiger partial charge in [-0.15, -0.1) is 0 Å². The Bertz CT molecular complexity index is 424. The number of benzene rings is 1. The summed E-state index contributed by atoms with van der Waals surface area (Å²) in [5.41, 5.74) is 1.32. The van der Waals surface area contributed by atoms with Crippen molar-refractivity contribution in [2.24, 2.45) is 0 Å². The molecule has 3 heteroatoms. The summed E-state index contributed by atoms with van der Waals surface area (Å²) < 4.78 is 0. The highest BCUT2D eigenvalue weighted by Gasteiger charge is 2.18. The largest absolute Gasteiger partial charge is 0.343 e. The quantitative estimate of drug-likeness (QED) is 0.802. The van der Waals surface area contributed by atoms with Crippen LogP contribution in [0.15, 0.2) is 30.3 Å². The summed E-state index contributed by atoms with van der Waals surface area (Å²) in [6.45, 7) is 8.09. The van der Waals surface area contributed by atoms with Crippen LogP contribution in [0.25, 0.3) is 0 Å². The van der Waals surface area contributed by atoms with E-state index < -0.39 is 0 Å². The van der Waals surface area contributed by atoms with Crippen LogP contribution in [0.1, 0.15) is 45.1 Å². The lowest BCUT2D eigenvalue weighted by atomic mass is 10.1. The molecule has 0 saturated carbocycles. The number of amides is 1. The normalized spacial score (nSPS) is 15.7. The van der Waals surface area contributed by atoms with Crippen LogP contribution >= 0.6 is 0 Å². The van der Waals surface area contributed by atoms with Crippen LogP contribution < -0.4 is 0 Å². The molecule has 0 N–H and O–H groups in total. The van der Waals surface area contributed by atoms with Crippen molar-refractivity contribution in [1.29, 1.82) is 0 Å². The molecule has 0 aromatic heterocycles. The topological polar surface area (TPSA) is 23.6 Å². The van der Waals surface area contributed by atoms with Crippen molar-refractivity contribution in [1.82, 2.24) is 9.80 Å². The van der Waals surface area contributed by atoms with Crippen molar-refractivity contribution in [2.45, 2.75) is 52.1 Å². The lowest BCUT2D eigenvalue weighted by Gasteiger charge is -2.30. The lowest BCUT2D eigenvalue weighted by Crippen LogP contribution is -2.39. The highest BCUT2D eigenvalue weighted by molar-refractivity contribution is 5.76. The van der Waals surface area contributed by atoms with Gasteiger partial charge in [-0.1, -0.05) is 30.3 Å². The standard InChI is InChI=1S/C18H28N2O/c1-16(2)20(15-17-9-5-3-6-10-17)14-11-18(21)19-12-7-4-8-13-19/h3,5-6,9-10,16H,4,7-8,11-15H2,1-2H3. The maximum atomic E-state index is 12.3. The van der Waals surface area contributed by atoms with Crippen LogP contribution in [0.5, 0.6) is 0 Å². The molecule has 0 bridgehead atoms. The fourth-order valence-electron chi connectivity index (χ4n) is 2.88. The van der Waals surface area contributed by atoms with Crippen LogP contribution in [0.2, 0.25) is 0 Å². The van der Waals surface area contributed by atoms with E-state index >= 15 is 0 Å². The van der Waals surface area contributed by atoms with Gasteiger partial charge < -0.3 is 4.90 Å². The average molecular weight is 288 g/mol. The Labute approximate surface area is 128 Å². The summed E-state index contributed by atoms with van der Waals surface area (Å²) >= 11 is 0. The zero-order valence-electron chi connectivity index (χ0n) is 13.4. The Morgan fingerprint density at radius 3 is 2.43 bits per heavy atom.